The van der Waals surface area contributed by atoms with Crippen LogP contribution in [0.25, 0.3) is 10.2 Å². The van der Waals surface area contributed by atoms with Crippen molar-refractivity contribution in [2.45, 2.75) is 19.4 Å². The fraction of sp³-hybridized carbons (Fsp3) is 0.278. The third kappa shape index (κ3) is 3.90. The summed E-state index contributed by atoms with van der Waals surface area (Å²) in [6.45, 7) is 2.04. The number of hydrogen-bond donors (Lipinski definition) is 0. The standard InChI is InChI=1S/C18H20N2S/c1-20(13-7-10-15-8-3-2-4-9-15)14-18-19-16-11-5-6-12-17(16)21-18/h2-6,8-9,11-12H,7,10,13-14H2,1H3. The predicted molar refractivity (Wildman–Crippen MR) is 90.7 cm³/mol. The van der Waals surface area contributed by atoms with Gasteiger partial charge < -0.3 is 0 Å². The topological polar surface area (TPSA) is 16.1 Å². The minimum Gasteiger partial charge on any atom is -0.300 e. The van der Waals surface area contributed by atoms with Crippen LogP contribution in [0.5, 0.6) is 0 Å². The second kappa shape index (κ2) is 6.83. The zero-order valence-corrected chi connectivity index (χ0v) is 13.1. The number of fused-ring (bicyclic) bond motifs is 1. The molecular weight excluding hydrogens is 276 g/mol. The van der Waals surface area contributed by atoms with Crippen molar-refractivity contribution in [3.05, 3.63) is 65.2 Å². The van der Waals surface area contributed by atoms with E-state index in [-0.39, 0.29) is 0 Å². The van der Waals surface area contributed by atoms with Crippen molar-refractivity contribution < 1.29 is 0 Å². The second-order valence-electron chi connectivity index (χ2n) is 5.40. The number of hydrogen-bond acceptors (Lipinski definition) is 3. The third-order valence-corrected chi connectivity index (χ3v) is 4.61. The molecule has 108 valence electrons. The normalized spacial score (nSPS) is 11.3. The first kappa shape index (κ1) is 14.2. The minimum absolute atomic E-state index is 0.939. The molecule has 2 nitrogen and oxygen atoms in total. The van der Waals surface area contributed by atoms with Crippen LogP contribution in [-0.2, 0) is 13.0 Å². The molecule has 0 unspecified atom stereocenters. The number of rotatable bonds is 6. The van der Waals surface area contributed by atoms with Crippen LogP contribution in [0.3, 0.4) is 0 Å². The van der Waals surface area contributed by atoms with E-state index in [0.717, 1.165) is 25.0 Å². The van der Waals surface area contributed by atoms with E-state index in [1.165, 1.54) is 21.7 Å². The van der Waals surface area contributed by atoms with Gasteiger partial charge in [0.25, 0.3) is 0 Å². The van der Waals surface area contributed by atoms with Gasteiger partial charge in [0.2, 0.25) is 0 Å². The predicted octanol–water partition coefficient (Wildman–Crippen LogP) is 4.36. The SMILES string of the molecule is CN(CCCc1ccccc1)Cc1nc2ccccc2s1. The van der Waals surface area contributed by atoms with Crippen LogP contribution in [0, 0.1) is 0 Å². The van der Waals surface area contributed by atoms with Crippen LogP contribution >= 0.6 is 11.3 Å². The lowest BCUT2D eigenvalue weighted by molar-refractivity contribution is 0.322. The van der Waals surface area contributed by atoms with Gasteiger partial charge in [0.1, 0.15) is 5.01 Å². The molecule has 0 saturated carbocycles. The number of aromatic nitrogens is 1. The largest absolute Gasteiger partial charge is 0.300 e. The summed E-state index contributed by atoms with van der Waals surface area (Å²) in [5.74, 6) is 0. The zero-order chi connectivity index (χ0) is 14.5. The summed E-state index contributed by atoms with van der Waals surface area (Å²) in [5.41, 5.74) is 2.54. The Morgan fingerprint density at radius 2 is 1.76 bits per heavy atom. The maximum Gasteiger partial charge on any atom is 0.108 e. The van der Waals surface area contributed by atoms with E-state index in [1.54, 1.807) is 11.3 Å². The van der Waals surface area contributed by atoms with Gasteiger partial charge in [0, 0.05) is 0 Å². The summed E-state index contributed by atoms with van der Waals surface area (Å²) in [6, 6.07) is 19.1. The van der Waals surface area contributed by atoms with E-state index in [0.29, 0.717) is 0 Å². The summed E-state index contributed by atoms with van der Waals surface area (Å²) in [6.07, 6.45) is 2.33. The number of aryl methyl sites for hydroxylation is 1. The van der Waals surface area contributed by atoms with Crippen molar-refractivity contribution in [1.82, 2.24) is 9.88 Å². The van der Waals surface area contributed by atoms with Gasteiger partial charge in [-0.05, 0) is 44.1 Å². The molecule has 0 aliphatic heterocycles. The monoisotopic (exact) mass is 296 g/mol. The highest BCUT2D eigenvalue weighted by molar-refractivity contribution is 7.18. The lowest BCUT2D eigenvalue weighted by Crippen LogP contribution is -2.19. The van der Waals surface area contributed by atoms with Crippen LogP contribution in [0.2, 0.25) is 0 Å². The Morgan fingerprint density at radius 1 is 1.00 bits per heavy atom. The summed E-state index contributed by atoms with van der Waals surface area (Å²) < 4.78 is 1.28. The number of thiazole rings is 1. The van der Waals surface area contributed by atoms with Crippen molar-refractivity contribution in [3.63, 3.8) is 0 Å². The summed E-state index contributed by atoms with van der Waals surface area (Å²) in [7, 11) is 2.18. The zero-order valence-electron chi connectivity index (χ0n) is 12.3. The van der Waals surface area contributed by atoms with Gasteiger partial charge in [0.15, 0.2) is 0 Å². The molecule has 0 bridgehead atoms. The molecule has 1 aromatic heterocycles. The Bertz CT molecular complexity index is 658. The second-order valence-corrected chi connectivity index (χ2v) is 6.52. The van der Waals surface area contributed by atoms with E-state index in [1.807, 2.05) is 0 Å². The number of para-hydroxylation sites is 1. The molecule has 1 heterocycles. The third-order valence-electron chi connectivity index (χ3n) is 3.59. The molecule has 0 aliphatic carbocycles. The molecule has 0 fully saturated rings. The molecule has 0 N–H and O–H groups in total. The molecule has 21 heavy (non-hydrogen) atoms. The molecular formula is C18H20N2S. The molecule has 3 heteroatoms. The molecule has 0 amide bonds. The van der Waals surface area contributed by atoms with Gasteiger partial charge in [-0.2, -0.15) is 0 Å². The number of nitrogens with zero attached hydrogens (tertiary/aromatic N) is 2. The fourth-order valence-electron chi connectivity index (χ4n) is 2.50. The van der Waals surface area contributed by atoms with E-state index in [4.69, 9.17) is 4.98 Å². The molecule has 0 saturated heterocycles. The van der Waals surface area contributed by atoms with Gasteiger partial charge in [-0.3, -0.25) is 4.90 Å². The summed E-state index contributed by atoms with van der Waals surface area (Å²) in [4.78, 5) is 7.06. The van der Waals surface area contributed by atoms with Crippen molar-refractivity contribution in [2.75, 3.05) is 13.6 Å². The first-order valence-corrected chi connectivity index (χ1v) is 8.20. The van der Waals surface area contributed by atoms with Crippen LogP contribution in [-0.4, -0.2) is 23.5 Å². The molecule has 3 rings (SSSR count). The van der Waals surface area contributed by atoms with E-state index in [2.05, 4.69) is 66.5 Å². The first-order chi connectivity index (χ1) is 10.3. The molecule has 0 atom stereocenters. The van der Waals surface area contributed by atoms with Gasteiger partial charge in [-0.1, -0.05) is 42.5 Å². The lowest BCUT2D eigenvalue weighted by Gasteiger charge is -2.14. The molecule has 0 spiro atoms. The lowest BCUT2D eigenvalue weighted by atomic mass is 10.1. The van der Waals surface area contributed by atoms with Crippen molar-refractivity contribution in [2.24, 2.45) is 0 Å². The average molecular weight is 296 g/mol. The first-order valence-electron chi connectivity index (χ1n) is 7.38. The van der Waals surface area contributed by atoms with Gasteiger partial charge in [0.05, 0.1) is 16.8 Å². The Kier molecular flexibility index (Phi) is 4.63. The van der Waals surface area contributed by atoms with E-state index < -0.39 is 0 Å². The van der Waals surface area contributed by atoms with Gasteiger partial charge in [-0.25, -0.2) is 4.98 Å². The van der Waals surface area contributed by atoms with Crippen LogP contribution in [0.15, 0.2) is 54.6 Å². The smallest absolute Gasteiger partial charge is 0.108 e. The molecule has 0 radical (unpaired) electrons. The highest BCUT2D eigenvalue weighted by Gasteiger charge is 2.06. The summed E-state index contributed by atoms with van der Waals surface area (Å²) in [5, 5.41) is 1.21. The van der Waals surface area contributed by atoms with Crippen LogP contribution in [0.4, 0.5) is 0 Å². The van der Waals surface area contributed by atoms with Gasteiger partial charge in [-0.15, -0.1) is 11.3 Å². The quantitative estimate of drug-likeness (QED) is 0.672. The highest BCUT2D eigenvalue weighted by atomic mass is 32.1. The Morgan fingerprint density at radius 3 is 2.57 bits per heavy atom. The van der Waals surface area contributed by atoms with Crippen molar-refractivity contribution in [1.29, 1.82) is 0 Å². The molecule has 3 aromatic rings. The van der Waals surface area contributed by atoms with Crippen molar-refractivity contribution >= 4 is 21.6 Å². The van der Waals surface area contributed by atoms with E-state index in [9.17, 15) is 0 Å². The average Bonchev–Trinajstić information content (AvgIpc) is 2.90. The molecule has 0 aliphatic rings. The maximum absolute atomic E-state index is 4.70. The summed E-state index contributed by atoms with van der Waals surface area (Å²) >= 11 is 1.80. The molecule has 2 aromatic carbocycles. The van der Waals surface area contributed by atoms with Crippen molar-refractivity contribution in [3.8, 4) is 0 Å². The fourth-order valence-corrected chi connectivity index (χ4v) is 3.54. The Hall–Kier alpha value is -1.71. The Labute approximate surface area is 130 Å². The Balaban J connectivity index is 1.50. The number of benzene rings is 2. The van der Waals surface area contributed by atoms with Crippen LogP contribution < -0.4 is 0 Å². The minimum atomic E-state index is 0.939. The highest BCUT2D eigenvalue weighted by Crippen LogP contribution is 2.22. The van der Waals surface area contributed by atoms with Gasteiger partial charge >= 0.3 is 0 Å². The maximum atomic E-state index is 4.70. The van der Waals surface area contributed by atoms with Crippen LogP contribution in [0.1, 0.15) is 17.0 Å². The van der Waals surface area contributed by atoms with E-state index >= 15 is 0 Å².